The largest absolute Gasteiger partial charge is 0.370 e. The molecule has 0 aliphatic carbocycles. The van der Waals surface area contributed by atoms with Gasteiger partial charge >= 0.3 is 11.8 Å². The average Bonchev–Trinajstić information content (AvgIpc) is 2.27. The van der Waals surface area contributed by atoms with Crippen LogP contribution in [0.2, 0.25) is 5.15 Å². The van der Waals surface area contributed by atoms with E-state index in [9.17, 15) is 13.6 Å². The molecule has 2 rings (SSSR count). The van der Waals surface area contributed by atoms with E-state index in [1.807, 2.05) is 5.32 Å². The number of hydrogen-bond acceptors (Lipinski definition) is 3. The summed E-state index contributed by atoms with van der Waals surface area (Å²) >= 11 is 5.35. The monoisotopic (exact) mass is 205 g/mol. The number of carbonyl (C=O) groups is 1. The van der Waals surface area contributed by atoms with Crippen molar-refractivity contribution in [3.8, 4) is 0 Å². The smallest absolute Gasteiger partial charge is 0.303 e. The minimum absolute atomic E-state index is 0.171. The molecule has 0 saturated heterocycles. The number of carbonyl (C=O) groups excluding carboxylic acids is 1. The zero-order valence-electron chi connectivity index (χ0n) is 6.01. The van der Waals surface area contributed by atoms with Crippen molar-refractivity contribution in [2.75, 3.05) is 5.32 Å². The van der Waals surface area contributed by atoms with Gasteiger partial charge in [-0.25, -0.2) is 9.97 Å². The van der Waals surface area contributed by atoms with E-state index in [0.29, 0.717) is 0 Å². The number of anilines is 1. The maximum absolute atomic E-state index is 12.9. The van der Waals surface area contributed by atoms with Crippen LogP contribution in [0.1, 0.15) is 5.69 Å². The predicted molar refractivity (Wildman–Crippen MR) is 39.6 cm³/mol. The molecule has 1 aromatic rings. The SMILES string of the molecule is O=C1Nc2ncc(Cl)nc2C1(F)F. The number of nitrogens with one attached hydrogen (secondary N) is 1. The molecule has 68 valence electrons. The van der Waals surface area contributed by atoms with Gasteiger partial charge in [-0.15, -0.1) is 0 Å². The van der Waals surface area contributed by atoms with Gasteiger partial charge in [0.1, 0.15) is 5.15 Å². The van der Waals surface area contributed by atoms with E-state index in [1.54, 1.807) is 0 Å². The van der Waals surface area contributed by atoms with Gasteiger partial charge in [0.2, 0.25) is 0 Å². The van der Waals surface area contributed by atoms with E-state index in [-0.39, 0.29) is 11.0 Å². The Morgan fingerprint density at radius 3 is 2.92 bits per heavy atom. The van der Waals surface area contributed by atoms with Gasteiger partial charge in [0.05, 0.1) is 6.20 Å². The van der Waals surface area contributed by atoms with E-state index in [2.05, 4.69) is 9.97 Å². The second-order valence-corrected chi connectivity index (χ2v) is 2.81. The van der Waals surface area contributed by atoms with Gasteiger partial charge in [0, 0.05) is 0 Å². The standard InChI is InChI=1S/C6H2ClF2N3O/c7-2-1-10-4-3(11-2)6(8,9)5(13)12-4/h1H,(H,10,12,13). The number of alkyl halides is 2. The highest BCUT2D eigenvalue weighted by Gasteiger charge is 2.51. The maximum Gasteiger partial charge on any atom is 0.370 e. The second-order valence-electron chi connectivity index (χ2n) is 2.42. The van der Waals surface area contributed by atoms with Crippen LogP contribution < -0.4 is 5.32 Å². The molecule has 1 amide bonds. The zero-order valence-corrected chi connectivity index (χ0v) is 6.77. The second kappa shape index (κ2) is 2.35. The van der Waals surface area contributed by atoms with Crippen LogP contribution in [-0.2, 0) is 10.7 Å². The third-order valence-electron chi connectivity index (χ3n) is 1.56. The summed E-state index contributed by atoms with van der Waals surface area (Å²) in [4.78, 5) is 17.5. The molecule has 1 N–H and O–H groups in total. The highest BCUT2D eigenvalue weighted by Crippen LogP contribution is 2.37. The highest BCUT2D eigenvalue weighted by molar-refractivity contribution is 6.29. The molecule has 0 aromatic carbocycles. The first-order valence-corrected chi connectivity index (χ1v) is 3.62. The Labute approximate surface area is 75.9 Å². The molecule has 1 aromatic heterocycles. The molecule has 0 atom stereocenters. The summed E-state index contributed by atoms with van der Waals surface area (Å²) in [6.07, 6.45) is 1.09. The molecule has 0 saturated carbocycles. The summed E-state index contributed by atoms with van der Waals surface area (Å²) in [6, 6.07) is 0. The topological polar surface area (TPSA) is 54.9 Å². The minimum atomic E-state index is -3.63. The summed E-state index contributed by atoms with van der Waals surface area (Å²) in [5, 5.41) is 1.72. The summed E-state index contributed by atoms with van der Waals surface area (Å²) in [7, 11) is 0. The quantitative estimate of drug-likeness (QED) is 0.692. The van der Waals surface area contributed by atoms with Crippen LogP contribution in [0.4, 0.5) is 14.6 Å². The molecular formula is C6H2ClF2N3O. The van der Waals surface area contributed by atoms with Crippen LogP contribution in [0.25, 0.3) is 0 Å². The van der Waals surface area contributed by atoms with Gasteiger partial charge < -0.3 is 5.32 Å². The van der Waals surface area contributed by atoms with E-state index < -0.39 is 17.5 Å². The fraction of sp³-hybridized carbons (Fsp3) is 0.167. The van der Waals surface area contributed by atoms with Crippen molar-refractivity contribution in [2.45, 2.75) is 5.92 Å². The zero-order chi connectivity index (χ0) is 9.64. The van der Waals surface area contributed by atoms with Gasteiger partial charge in [0.15, 0.2) is 11.5 Å². The summed E-state index contributed by atoms with van der Waals surface area (Å²) < 4.78 is 25.9. The fourth-order valence-corrected chi connectivity index (χ4v) is 1.10. The van der Waals surface area contributed by atoms with Crippen molar-refractivity contribution in [1.29, 1.82) is 0 Å². The van der Waals surface area contributed by atoms with Crippen molar-refractivity contribution in [3.63, 3.8) is 0 Å². The highest BCUT2D eigenvalue weighted by atomic mass is 35.5. The van der Waals surface area contributed by atoms with Crippen LogP contribution in [-0.4, -0.2) is 15.9 Å². The first-order chi connectivity index (χ1) is 6.01. The van der Waals surface area contributed by atoms with Crippen molar-refractivity contribution < 1.29 is 13.6 Å². The lowest BCUT2D eigenvalue weighted by atomic mass is 10.3. The van der Waals surface area contributed by atoms with Gasteiger partial charge in [-0.05, 0) is 0 Å². The normalized spacial score (nSPS) is 18.2. The van der Waals surface area contributed by atoms with Crippen molar-refractivity contribution >= 4 is 23.3 Å². The third kappa shape index (κ3) is 1.06. The predicted octanol–water partition coefficient (Wildman–Crippen LogP) is 1.17. The minimum Gasteiger partial charge on any atom is -0.303 e. The molecule has 1 aliphatic heterocycles. The van der Waals surface area contributed by atoms with Crippen LogP contribution in [0.3, 0.4) is 0 Å². The Balaban J connectivity index is 2.64. The van der Waals surface area contributed by atoms with E-state index >= 15 is 0 Å². The Morgan fingerprint density at radius 1 is 1.54 bits per heavy atom. The molecule has 7 heteroatoms. The summed E-state index contributed by atoms with van der Waals surface area (Å²) in [5.74, 6) is -5.29. The molecule has 13 heavy (non-hydrogen) atoms. The Kier molecular flexibility index (Phi) is 1.50. The Hall–Kier alpha value is -1.30. The number of rotatable bonds is 0. The lowest BCUT2D eigenvalue weighted by Crippen LogP contribution is -2.24. The van der Waals surface area contributed by atoms with Crippen molar-refractivity contribution in [1.82, 2.24) is 9.97 Å². The van der Waals surface area contributed by atoms with Crippen molar-refractivity contribution in [2.24, 2.45) is 0 Å². The van der Waals surface area contributed by atoms with Crippen LogP contribution in [0.15, 0.2) is 6.20 Å². The first kappa shape index (κ1) is 8.31. The van der Waals surface area contributed by atoms with Gasteiger partial charge in [-0.3, -0.25) is 4.79 Å². The molecule has 1 aliphatic rings. The fourth-order valence-electron chi connectivity index (χ4n) is 0.972. The first-order valence-electron chi connectivity index (χ1n) is 3.24. The lowest BCUT2D eigenvalue weighted by molar-refractivity contribution is -0.139. The molecular weight excluding hydrogens is 204 g/mol. The molecule has 0 spiro atoms. The summed E-state index contributed by atoms with van der Waals surface area (Å²) in [5.41, 5.74) is -0.718. The molecule has 4 nitrogen and oxygen atoms in total. The molecule has 0 fully saturated rings. The molecule has 0 radical (unpaired) electrons. The number of amides is 1. The average molecular weight is 206 g/mol. The van der Waals surface area contributed by atoms with Gasteiger partial charge in [-0.2, -0.15) is 8.78 Å². The number of hydrogen-bond donors (Lipinski definition) is 1. The maximum atomic E-state index is 12.9. The Bertz CT molecular complexity index is 395. The van der Waals surface area contributed by atoms with Crippen LogP contribution in [0, 0.1) is 0 Å². The number of aromatic nitrogens is 2. The van der Waals surface area contributed by atoms with Gasteiger partial charge in [-0.1, -0.05) is 11.6 Å². The van der Waals surface area contributed by atoms with E-state index in [1.165, 1.54) is 0 Å². The molecule has 0 unspecified atom stereocenters. The third-order valence-corrected chi connectivity index (χ3v) is 1.74. The van der Waals surface area contributed by atoms with Crippen molar-refractivity contribution in [3.05, 3.63) is 17.0 Å². The van der Waals surface area contributed by atoms with E-state index in [4.69, 9.17) is 11.6 Å². The van der Waals surface area contributed by atoms with Gasteiger partial charge in [0.25, 0.3) is 0 Å². The van der Waals surface area contributed by atoms with Crippen LogP contribution in [0.5, 0.6) is 0 Å². The number of halogens is 3. The van der Waals surface area contributed by atoms with E-state index in [0.717, 1.165) is 6.20 Å². The lowest BCUT2D eigenvalue weighted by Gasteiger charge is -2.03. The number of nitrogens with zero attached hydrogens (tertiary/aromatic N) is 2. The van der Waals surface area contributed by atoms with Crippen LogP contribution >= 0.6 is 11.6 Å². The molecule has 0 bridgehead atoms. The summed E-state index contributed by atoms with van der Waals surface area (Å²) in [6.45, 7) is 0. The number of fused-ring (bicyclic) bond motifs is 1. The molecule has 2 heterocycles. The Morgan fingerprint density at radius 2 is 2.23 bits per heavy atom.